The third-order valence-corrected chi connectivity index (χ3v) is 6.13. The second kappa shape index (κ2) is 9.25. The summed E-state index contributed by atoms with van der Waals surface area (Å²) in [5, 5.41) is 21.3. The number of amides is 1. The first-order valence-corrected chi connectivity index (χ1v) is 11.3. The monoisotopic (exact) mass is 472 g/mol. The summed E-state index contributed by atoms with van der Waals surface area (Å²) in [6, 6.07) is 16.1. The predicted molar refractivity (Wildman–Crippen MR) is 132 cm³/mol. The fourth-order valence-electron chi connectivity index (χ4n) is 4.22. The summed E-state index contributed by atoms with van der Waals surface area (Å²) in [6.07, 6.45) is 1.62. The molecule has 3 aromatic rings. The molecule has 2 aromatic carbocycles. The van der Waals surface area contributed by atoms with Crippen LogP contribution in [0.15, 0.2) is 72.4 Å². The highest BCUT2D eigenvalue weighted by molar-refractivity contribution is 6.46. The third kappa shape index (κ3) is 4.62. The molecule has 35 heavy (non-hydrogen) atoms. The van der Waals surface area contributed by atoms with Crippen molar-refractivity contribution in [1.82, 2.24) is 9.88 Å². The van der Waals surface area contributed by atoms with E-state index in [4.69, 9.17) is 4.74 Å². The van der Waals surface area contributed by atoms with Crippen molar-refractivity contribution < 1.29 is 24.5 Å². The summed E-state index contributed by atoms with van der Waals surface area (Å²) < 4.78 is 5.49. The van der Waals surface area contributed by atoms with Gasteiger partial charge in [0.1, 0.15) is 17.3 Å². The Morgan fingerprint density at radius 2 is 1.77 bits per heavy atom. The molecule has 0 aliphatic carbocycles. The van der Waals surface area contributed by atoms with Gasteiger partial charge in [-0.2, -0.15) is 0 Å². The number of phenols is 1. The van der Waals surface area contributed by atoms with Crippen molar-refractivity contribution in [2.45, 2.75) is 38.8 Å². The van der Waals surface area contributed by atoms with Gasteiger partial charge < -0.3 is 19.8 Å². The molecule has 2 N–H and O–H groups in total. The first-order chi connectivity index (χ1) is 16.6. The molecule has 1 fully saturated rings. The van der Waals surface area contributed by atoms with Crippen LogP contribution in [0.4, 0.5) is 0 Å². The molecule has 0 radical (unpaired) electrons. The van der Waals surface area contributed by atoms with Gasteiger partial charge in [0.25, 0.3) is 11.7 Å². The molecule has 1 saturated heterocycles. The molecule has 2 heterocycles. The highest BCUT2D eigenvalue weighted by Gasteiger charge is 2.46. The van der Waals surface area contributed by atoms with Crippen LogP contribution in [0.25, 0.3) is 5.76 Å². The van der Waals surface area contributed by atoms with E-state index in [0.29, 0.717) is 22.6 Å². The smallest absolute Gasteiger partial charge is 0.296 e. The first-order valence-electron chi connectivity index (χ1n) is 11.3. The lowest BCUT2D eigenvalue weighted by atomic mass is 9.85. The molecule has 4 rings (SSSR count). The van der Waals surface area contributed by atoms with E-state index in [0.717, 1.165) is 5.56 Å². The van der Waals surface area contributed by atoms with Gasteiger partial charge in [-0.3, -0.25) is 14.6 Å². The molecule has 7 nitrogen and oxygen atoms in total. The molecule has 0 bridgehead atoms. The van der Waals surface area contributed by atoms with Crippen LogP contribution in [0.3, 0.4) is 0 Å². The Labute approximate surface area is 204 Å². The van der Waals surface area contributed by atoms with Gasteiger partial charge in [-0.1, -0.05) is 45.0 Å². The van der Waals surface area contributed by atoms with Crippen LogP contribution in [0, 0.1) is 0 Å². The number of carbonyl (C=O) groups excluding carboxylic acids is 2. The van der Waals surface area contributed by atoms with Crippen molar-refractivity contribution >= 4 is 17.4 Å². The maximum absolute atomic E-state index is 13.3. The summed E-state index contributed by atoms with van der Waals surface area (Å²) in [6.45, 7) is 6.20. The van der Waals surface area contributed by atoms with Gasteiger partial charge in [0.15, 0.2) is 0 Å². The Balaban J connectivity index is 1.92. The van der Waals surface area contributed by atoms with E-state index in [-0.39, 0.29) is 29.0 Å². The number of pyridine rings is 1. The lowest BCUT2D eigenvalue weighted by Gasteiger charge is -2.25. The average Bonchev–Trinajstić information content (AvgIpc) is 3.08. The summed E-state index contributed by atoms with van der Waals surface area (Å²) in [5.74, 6) is -1.40. The predicted octanol–water partition coefficient (Wildman–Crippen LogP) is 4.72. The molecule has 1 aliphatic heterocycles. The summed E-state index contributed by atoms with van der Waals surface area (Å²) in [5.41, 5.74) is 2.18. The molecule has 0 spiro atoms. The maximum atomic E-state index is 13.3. The lowest BCUT2D eigenvalue weighted by Crippen LogP contribution is -2.29. The number of likely N-dealkylation sites (tertiary alicyclic amines) is 1. The number of phenolic OH excluding ortho intramolecular Hbond substituents is 1. The Morgan fingerprint density at radius 1 is 1.06 bits per heavy atom. The molecule has 7 heteroatoms. The second-order valence-electron chi connectivity index (χ2n) is 9.50. The molecule has 1 aliphatic rings. The minimum Gasteiger partial charge on any atom is -0.508 e. The fourth-order valence-corrected chi connectivity index (χ4v) is 4.22. The van der Waals surface area contributed by atoms with Gasteiger partial charge in [-0.15, -0.1) is 0 Å². The molecule has 1 unspecified atom stereocenters. The van der Waals surface area contributed by atoms with Crippen molar-refractivity contribution in [3.63, 3.8) is 0 Å². The molecule has 1 amide bonds. The van der Waals surface area contributed by atoms with E-state index in [2.05, 4.69) is 4.98 Å². The highest BCUT2D eigenvalue weighted by Crippen LogP contribution is 2.42. The van der Waals surface area contributed by atoms with E-state index in [1.54, 1.807) is 48.7 Å². The number of hydrogen-bond donors (Lipinski definition) is 2. The number of aliphatic hydroxyl groups excluding tert-OH is 1. The van der Waals surface area contributed by atoms with Gasteiger partial charge in [-0.25, -0.2) is 0 Å². The summed E-state index contributed by atoms with van der Waals surface area (Å²) in [7, 11) is 1.49. The first kappa shape index (κ1) is 24.0. The normalized spacial score (nSPS) is 17.6. The maximum Gasteiger partial charge on any atom is 0.296 e. The number of aliphatic hydroxyl groups is 1. The molecular formula is C28H28N2O5. The number of ketones is 1. The van der Waals surface area contributed by atoms with Crippen LogP contribution in [-0.4, -0.2) is 38.9 Å². The summed E-state index contributed by atoms with van der Waals surface area (Å²) in [4.78, 5) is 32.2. The number of methoxy groups -OCH3 is 1. The number of aromatic hydroxyl groups is 1. The Morgan fingerprint density at radius 3 is 2.37 bits per heavy atom. The Hall–Kier alpha value is -4.13. The van der Waals surface area contributed by atoms with E-state index in [1.165, 1.54) is 24.1 Å². The molecular weight excluding hydrogens is 444 g/mol. The van der Waals surface area contributed by atoms with Crippen LogP contribution < -0.4 is 4.74 Å². The highest BCUT2D eigenvalue weighted by atomic mass is 16.5. The van der Waals surface area contributed by atoms with Crippen LogP contribution >= 0.6 is 0 Å². The number of rotatable bonds is 5. The van der Waals surface area contributed by atoms with Crippen molar-refractivity contribution in [2.75, 3.05) is 7.11 Å². The SMILES string of the molecule is COc1ccc(C(C)(C)C)cc1/C(O)=C1\C(=O)C(=O)N(Cc2ccccn2)C1c1ccc(O)cc1. The van der Waals surface area contributed by atoms with E-state index >= 15 is 0 Å². The number of nitrogens with zero attached hydrogens (tertiary/aromatic N) is 2. The number of ether oxygens (including phenoxy) is 1. The largest absolute Gasteiger partial charge is 0.508 e. The van der Waals surface area contributed by atoms with Crippen molar-refractivity contribution in [3.05, 3.63) is 94.8 Å². The van der Waals surface area contributed by atoms with Crippen LogP contribution in [0.1, 0.15) is 49.2 Å². The molecule has 1 atom stereocenters. The topological polar surface area (TPSA) is 100.0 Å². The van der Waals surface area contributed by atoms with Crippen molar-refractivity contribution in [3.8, 4) is 11.5 Å². The quantitative estimate of drug-likeness (QED) is 0.317. The van der Waals surface area contributed by atoms with Crippen LogP contribution in [0.5, 0.6) is 11.5 Å². The Bertz CT molecular complexity index is 1290. The summed E-state index contributed by atoms with van der Waals surface area (Å²) >= 11 is 0. The third-order valence-electron chi connectivity index (χ3n) is 6.13. The fraction of sp³-hybridized carbons (Fsp3) is 0.250. The number of carbonyl (C=O) groups is 2. The number of hydrogen-bond acceptors (Lipinski definition) is 6. The van der Waals surface area contributed by atoms with Crippen LogP contribution in [0.2, 0.25) is 0 Å². The van der Waals surface area contributed by atoms with E-state index in [9.17, 15) is 19.8 Å². The van der Waals surface area contributed by atoms with Crippen molar-refractivity contribution in [2.24, 2.45) is 0 Å². The number of Topliss-reactive ketones (excluding diaryl/α,β-unsaturated/α-hetero) is 1. The lowest BCUT2D eigenvalue weighted by molar-refractivity contribution is -0.140. The zero-order valence-electron chi connectivity index (χ0n) is 20.1. The number of aromatic nitrogens is 1. The van der Waals surface area contributed by atoms with E-state index < -0.39 is 17.7 Å². The van der Waals surface area contributed by atoms with E-state index in [1.807, 2.05) is 26.8 Å². The van der Waals surface area contributed by atoms with Gasteiger partial charge >= 0.3 is 0 Å². The van der Waals surface area contributed by atoms with Crippen LogP contribution in [-0.2, 0) is 21.5 Å². The van der Waals surface area contributed by atoms with Crippen molar-refractivity contribution in [1.29, 1.82) is 0 Å². The van der Waals surface area contributed by atoms with Gasteiger partial charge in [0.2, 0.25) is 0 Å². The zero-order chi connectivity index (χ0) is 25.3. The molecule has 1 aromatic heterocycles. The van der Waals surface area contributed by atoms with Gasteiger partial charge in [-0.05, 0) is 52.9 Å². The van der Waals surface area contributed by atoms with Gasteiger partial charge in [0, 0.05) is 6.20 Å². The number of benzene rings is 2. The van der Waals surface area contributed by atoms with Gasteiger partial charge in [0.05, 0.1) is 36.5 Å². The minimum atomic E-state index is -0.874. The average molecular weight is 473 g/mol. The zero-order valence-corrected chi connectivity index (χ0v) is 20.1. The Kier molecular flexibility index (Phi) is 6.35. The second-order valence-corrected chi connectivity index (χ2v) is 9.50. The standard InChI is InChI=1S/C28H28N2O5/c1-28(2,3)18-10-13-22(35-4)21(15-18)25(32)23-24(17-8-11-20(31)12-9-17)30(27(34)26(23)33)16-19-7-5-6-14-29-19/h5-15,24,31-32H,16H2,1-4H3/b25-23+. The minimum absolute atomic E-state index is 0.0408. The molecule has 180 valence electrons. The molecule has 0 saturated carbocycles.